The van der Waals surface area contributed by atoms with Gasteiger partial charge in [-0.2, -0.15) is 5.10 Å². The summed E-state index contributed by atoms with van der Waals surface area (Å²) in [6.07, 6.45) is 7.76. The van der Waals surface area contributed by atoms with Gasteiger partial charge in [-0.05, 0) is 37.1 Å². The van der Waals surface area contributed by atoms with Crippen LogP contribution in [0.1, 0.15) is 31.7 Å². The summed E-state index contributed by atoms with van der Waals surface area (Å²) in [6.45, 7) is 1.43. The van der Waals surface area contributed by atoms with Crippen molar-refractivity contribution in [3.05, 3.63) is 60.9 Å². The molecule has 28 heavy (non-hydrogen) atoms. The van der Waals surface area contributed by atoms with E-state index in [2.05, 4.69) is 15.9 Å². The highest BCUT2D eigenvalue weighted by Gasteiger charge is 2.40. The number of benzene rings is 1. The molecular formula is C22H23N3O3. The largest absolute Gasteiger partial charge is 0.439 e. The Morgan fingerprint density at radius 1 is 0.964 bits per heavy atom. The summed E-state index contributed by atoms with van der Waals surface area (Å²) in [4.78, 5) is 4.42. The second-order valence-electron chi connectivity index (χ2n) is 7.32. The molecular weight excluding hydrogens is 354 g/mol. The quantitative estimate of drug-likeness (QED) is 0.665. The standard InChI is InChI=1S/C22H23N3O3/c1-2-4-19(5-3-1)28-21-7-6-17(16-23-21)20-10-13-25(24-20)18-8-11-22(12-9-18)26-14-15-27-22/h1-7,10,13,16,18H,8-9,11-12,14-15H2. The summed E-state index contributed by atoms with van der Waals surface area (Å²) in [6, 6.07) is 16.0. The highest BCUT2D eigenvalue weighted by molar-refractivity contribution is 5.57. The molecule has 1 spiro atoms. The van der Waals surface area contributed by atoms with Gasteiger partial charge in [-0.1, -0.05) is 18.2 Å². The lowest BCUT2D eigenvalue weighted by Crippen LogP contribution is -2.35. The fraction of sp³-hybridized carbons (Fsp3) is 0.364. The molecule has 3 aromatic rings. The van der Waals surface area contributed by atoms with Crippen LogP contribution < -0.4 is 4.74 Å². The third-order valence-electron chi connectivity index (χ3n) is 5.51. The molecule has 0 radical (unpaired) electrons. The number of nitrogens with zero attached hydrogens (tertiary/aromatic N) is 3. The number of pyridine rings is 1. The van der Waals surface area contributed by atoms with Crippen LogP contribution in [0.3, 0.4) is 0 Å². The van der Waals surface area contributed by atoms with E-state index in [-0.39, 0.29) is 5.79 Å². The first-order valence-corrected chi connectivity index (χ1v) is 9.82. The lowest BCUT2D eigenvalue weighted by molar-refractivity contribution is -0.181. The van der Waals surface area contributed by atoms with Gasteiger partial charge in [-0.25, -0.2) is 4.98 Å². The summed E-state index contributed by atoms with van der Waals surface area (Å²) in [7, 11) is 0. The van der Waals surface area contributed by atoms with E-state index in [1.165, 1.54) is 0 Å². The van der Waals surface area contributed by atoms with Crippen molar-refractivity contribution in [1.29, 1.82) is 0 Å². The zero-order valence-corrected chi connectivity index (χ0v) is 15.7. The van der Waals surface area contributed by atoms with Gasteiger partial charge in [0.15, 0.2) is 5.79 Å². The number of ether oxygens (including phenoxy) is 3. The molecule has 6 heteroatoms. The van der Waals surface area contributed by atoms with Crippen LogP contribution in [0.2, 0.25) is 0 Å². The van der Waals surface area contributed by atoms with Gasteiger partial charge in [0.05, 0.1) is 24.9 Å². The highest BCUT2D eigenvalue weighted by atomic mass is 16.7. The van der Waals surface area contributed by atoms with E-state index in [0.717, 1.165) is 42.7 Å². The van der Waals surface area contributed by atoms with Crippen molar-refractivity contribution in [2.75, 3.05) is 13.2 Å². The molecule has 2 aromatic heterocycles. The molecule has 5 rings (SSSR count). The molecule has 1 aliphatic carbocycles. The van der Waals surface area contributed by atoms with Crippen molar-refractivity contribution in [1.82, 2.24) is 14.8 Å². The molecule has 0 atom stereocenters. The maximum absolute atomic E-state index is 5.82. The molecule has 6 nitrogen and oxygen atoms in total. The first-order chi connectivity index (χ1) is 13.8. The van der Waals surface area contributed by atoms with Crippen LogP contribution >= 0.6 is 0 Å². The van der Waals surface area contributed by atoms with Crippen LogP contribution in [0.15, 0.2) is 60.9 Å². The van der Waals surface area contributed by atoms with Gasteiger partial charge in [0, 0.05) is 36.9 Å². The van der Waals surface area contributed by atoms with Crippen molar-refractivity contribution in [2.45, 2.75) is 37.5 Å². The number of aromatic nitrogens is 3. The minimum Gasteiger partial charge on any atom is -0.439 e. The summed E-state index contributed by atoms with van der Waals surface area (Å²) in [5.74, 6) is 1.02. The van der Waals surface area contributed by atoms with Crippen molar-refractivity contribution >= 4 is 0 Å². The molecule has 144 valence electrons. The minimum absolute atomic E-state index is 0.328. The van der Waals surface area contributed by atoms with Gasteiger partial charge in [-0.3, -0.25) is 4.68 Å². The second-order valence-corrected chi connectivity index (χ2v) is 7.32. The molecule has 2 fully saturated rings. The molecule has 2 aliphatic rings. The van der Waals surface area contributed by atoms with Gasteiger partial charge in [0.1, 0.15) is 5.75 Å². The number of rotatable bonds is 4. The number of hydrogen-bond donors (Lipinski definition) is 0. The molecule has 0 amide bonds. The summed E-state index contributed by atoms with van der Waals surface area (Å²) >= 11 is 0. The van der Waals surface area contributed by atoms with E-state index in [9.17, 15) is 0 Å². The Kier molecular flexibility index (Phi) is 4.58. The Morgan fingerprint density at radius 3 is 2.46 bits per heavy atom. The van der Waals surface area contributed by atoms with Crippen molar-refractivity contribution in [3.63, 3.8) is 0 Å². The van der Waals surface area contributed by atoms with E-state index in [1.54, 1.807) is 6.20 Å². The van der Waals surface area contributed by atoms with Crippen LogP contribution in [0.25, 0.3) is 11.3 Å². The predicted molar refractivity (Wildman–Crippen MR) is 104 cm³/mol. The van der Waals surface area contributed by atoms with E-state index in [0.29, 0.717) is 25.1 Å². The van der Waals surface area contributed by atoms with E-state index < -0.39 is 0 Å². The fourth-order valence-corrected chi connectivity index (χ4v) is 3.99. The molecule has 1 aliphatic heterocycles. The van der Waals surface area contributed by atoms with Crippen molar-refractivity contribution in [2.24, 2.45) is 0 Å². The normalized spacial score (nSPS) is 19.1. The summed E-state index contributed by atoms with van der Waals surface area (Å²) < 4.78 is 19.5. The van der Waals surface area contributed by atoms with Crippen LogP contribution in [-0.4, -0.2) is 33.8 Å². The van der Waals surface area contributed by atoms with Gasteiger partial charge >= 0.3 is 0 Å². The first-order valence-electron chi connectivity index (χ1n) is 9.82. The van der Waals surface area contributed by atoms with E-state index in [1.807, 2.05) is 48.5 Å². The van der Waals surface area contributed by atoms with Crippen LogP contribution in [-0.2, 0) is 9.47 Å². The smallest absolute Gasteiger partial charge is 0.219 e. The average molecular weight is 377 g/mol. The van der Waals surface area contributed by atoms with Crippen molar-refractivity contribution in [3.8, 4) is 22.9 Å². The van der Waals surface area contributed by atoms with E-state index >= 15 is 0 Å². The van der Waals surface area contributed by atoms with Crippen LogP contribution in [0.4, 0.5) is 0 Å². The maximum Gasteiger partial charge on any atom is 0.219 e. The monoisotopic (exact) mass is 377 g/mol. The topological polar surface area (TPSA) is 58.4 Å². The van der Waals surface area contributed by atoms with Crippen LogP contribution in [0.5, 0.6) is 11.6 Å². The molecule has 0 unspecified atom stereocenters. The molecule has 0 N–H and O–H groups in total. The third-order valence-corrected chi connectivity index (χ3v) is 5.51. The van der Waals surface area contributed by atoms with Gasteiger partial charge in [-0.15, -0.1) is 0 Å². The maximum atomic E-state index is 5.82. The minimum atomic E-state index is -0.328. The zero-order valence-electron chi connectivity index (χ0n) is 15.7. The van der Waals surface area contributed by atoms with Crippen LogP contribution in [0, 0.1) is 0 Å². The van der Waals surface area contributed by atoms with E-state index in [4.69, 9.17) is 19.3 Å². The zero-order chi connectivity index (χ0) is 18.8. The predicted octanol–water partition coefficient (Wildman–Crippen LogP) is 4.60. The Labute approximate surface area is 164 Å². The Morgan fingerprint density at radius 2 is 1.75 bits per heavy atom. The van der Waals surface area contributed by atoms with Gasteiger partial charge in [0.25, 0.3) is 0 Å². The lowest BCUT2D eigenvalue weighted by Gasteiger charge is -2.35. The molecule has 3 heterocycles. The Bertz CT molecular complexity index is 908. The van der Waals surface area contributed by atoms with Crippen molar-refractivity contribution < 1.29 is 14.2 Å². The molecule has 1 saturated carbocycles. The Hall–Kier alpha value is -2.70. The average Bonchev–Trinajstić information content (AvgIpc) is 3.41. The lowest BCUT2D eigenvalue weighted by atomic mass is 9.90. The first kappa shape index (κ1) is 17.4. The summed E-state index contributed by atoms with van der Waals surface area (Å²) in [5, 5.41) is 4.79. The number of para-hydroxylation sites is 1. The molecule has 1 aromatic carbocycles. The van der Waals surface area contributed by atoms with Gasteiger partial charge in [0.2, 0.25) is 5.88 Å². The molecule has 1 saturated heterocycles. The third kappa shape index (κ3) is 3.53. The SMILES string of the molecule is c1ccc(Oc2ccc(-c3ccn(C4CCC5(CC4)OCCO5)n3)cn2)cc1. The fourth-order valence-electron chi connectivity index (χ4n) is 3.99. The molecule has 0 bridgehead atoms. The second kappa shape index (κ2) is 7.37. The summed E-state index contributed by atoms with van der Waals surface area (Å²) in [5.41, 5.74) is 1.90. The Balaban J connectivity index is 1.25. The van der Waals surface area contributed by atoms with Gasteiger partial charge < -0.3 is 14.2 Å². The highest BCUT2D eigenvalue weighted by Crippen LogP contribution is 2.40. The number of hydrogen-bond acceptors (Lipinski definition) is 5.